The normalized spacial score (nSPS) is 22.2. The number of rotatable bonds is 5. The van der Waals surface area contributed by atoms with Crippen LogP contribution in [-0.4, -0.2) is 65.6 Å². The molecule has 2 aliphatic rings. The van der Waals surface area contributed by atoms with Crippen LogP contribution in [-0.2, 0) is 14.3 Å². The summed E-state index contributed by atoms with van der Waals surface area (Å²) in [7, 11) is 1.26. The fourth-order valence-corrected chi connectivity index (χ4v) is 4.57. The fraction of sp³-hybridized carbons (Fsp3) is 0.474. The number of carbonyl (C=O) groups excluding carboxylic acids is 4. The first-order chi connectivity index (χ1) is 13.3. The topological polar surface area (TPSA) is 102 Å². The molecule has 1 aromatic rings. The Balaban J connectivity index is 1.78. The Hall–Kier alpha value is -2.55. The lowest BCUT2D eigenvalue weighted by Crippen LogP contribution is -2.51. The van der Waals surface area contributed by atoms with Gasteiger partial charge in [0.15, 0.2) is 0 Å². The van der Waals surface area contributed by atoms with E-state index in [1.807, 2.05) is 0 Å². The lowest BCUT2D eigenvalue weighted by molar-refractivity contribution is -0.155. The second kappa shape index (κ2) is 8.22. The first kappa shape index (κ1) is 20.2. The number of methoxy groups -OCH3 is 1. The van der Waals surface area contributed by atoms with Crippen molar-refractivity contribution < 1.29 is 28.7 Å². The smallest absolute Gasteiger partial charge is 0.407 e. The van der Waals surface area contributed by atoms with Crippen LogP contribution in [0.3, 0.4) is 0 Å². The maximum absolute atomic E-state index is 12.9. The molecule has 0 bridgehead atoms. The molecule has 9 heteroatoms. The minimum Gasteiger partial charge on any atom is -0.458 e. The average Bonchev–Trinajstić information content (AvgIpc) is 3.19. The van der Waals surface area contributed by atoms with Crippen LogP contribution in [0.5, 0.6) is 0 Å². The second-order valence-electron chi connectivity index (χ2n) is 6.97. The summed E-state index contributed by atoms with van der Waals surface area (Å²) in [6.45, 7) is 3.51. The van der Waals surface area contributed by atoms with Gasteiger partial charge in [-0.3, -0.25) is 14.5 Å². The molecule has 28 heavy (non-hydrogen) atoms. The summed E-state index contributed by atoms with van der Waals surface area (Å²) in [6, 6.07) is 5.06. The number of hydrogen-bond acceptors (Lipinski definition) is 7. The Kier molecular flexibility index (Phi) is 5.93. The molecule has 1 aromatic carbocycles. The van der Waals surface area contributed by atoms with Gasteiger partial charge in [-0.15, -0.1) is 0 Å². The molecular weight excluding hydrogens is 384 g/mol. The van der Waals surface area contributed by atoms with Crippen molar-refractivity contribution in [1.82, 2.24) is 10.2 Å². The highest BCUT2D eigenvalue weighted by atomic mass is 32.2. The molecule has 0 unspecified atom stereocenters. The van der Waals surface area contributed by atoms with Gasteiger partial charge in [-0.2, -0.15) is 11.8 Å². The van der Waals surface area contributed by atoms with Gasteiger partial charge >= 0.3 is 12.1 Å². The van der Waals surface area contributed by atoms with Gasteiger partial charge in [-0.25, -0.2) is 9.59 Å². The van der Waals surface area contributed by atoms with Gasteiger partial charge in [0.25, 0.3) is 11.8 Å². The third kappa shape index (κ3) is 3.71. The number of hydrogen-bond donors (Lipinski definition) is 1. The third-order valence-electron chi connectivity index (χ3n) is 4.76. The summed E-state index contributed by atoms with van der Waals surface area (Å²) in [5, 5.41) is 2.65. The maximum atomic E-state index is 12.9. The average molecular weight is 406 g/mol. The number of ether oxygens (including phenoxy) is 2. The predicted molar refractivity (Wildman–Crippen MR) is 102 cm³/mol. The van der Waals surface area contributed by atoms with Crippen molar-refractivity contribution in [3.05, 3.63) is 35.4 Å². The number of fused-ring (bicyclic) bond motifs is 1. The number of nitrogens with zero attached hydrogens (tertiary/aromatic N) is 1. The van der Waals surface area contributed by atoms with Crippen molar-refractivity contribution in [2.45, 2.75) is 32.0 Å². The summed E-state index contributed by atoms with van der Waals surface area (Å²) in [5.74, 6) is -0.910. The summed E-state index contributed by atoms with van der Waals surface area (Å²) < 4.78 is 10.2. The minimum atomic E-state index is -1.04. The summed E-state index contributed by atoms with van der Waals surface area (Å²) in [6.07, 6.45) is -1.16. The van der Waals surface area contributed by atoms with E-state index in [4.69, 9.17) is 4.74 Å². The SMILES string of the molecule is COC(=O)N[C@H]1CSC[C@@H]1OC(=O)[C@@H](C(C)C)N1C(=O)c2ccccc2C1=O. The number of thioether (sulfide) groups is 1. The zero-order chi connectivity index (χ0) is 20.4. The van der Waals surface area contributed by atoms with E-state index in [0.29, 0.717) is 11.5 Å². The standard InChI is InChI=1S/C19H22N2O6S/c1-10(2)15(21-16(22)11-6-4-5-7-12(11)17(21)23)18(24)27-14-9-28-8-13(14)20-19(25)26-3/h4-7,10,13-15H,8-9H2,1-3H3,(H,20,25)/t13-,14-,15+/m0/s1. The lowest BCUT2D eigenvalue weighted by atomic mass is 10.0. The van der Waals surface area contributed by atoms with E-state index >= 15 is 0 Å². The number of amides is 3. The Bertz CT molecular complexity index is 776. The van der Waals surface area contributed by atoms with Gasteiger partial charge < -0.3 is 14.8 Å². The van der Waals surface area contributed by atoms with E-state index in [1.54, 1.807) is 38.1 Å². The first-order valence-corrected chi connectivity index (χ1v) is 10.1. The summed E-state index contributed by atoms with van der Waals surface area (Å²) in [5.41, 5.74) is 0.570. The molecule has 0 aromatic heterocycles. The van der Waals surface area contributed by atoms with Gasteiger partial charge in [-0.05, 0) is 18.1 Å². The van der Waals surface area contributed by atoms with Gasteiger partial charge in [0.2, 0.25) is 0 Å². The van der Waals surface area contributed by atoms with Crippen LogP contribution in [0.1, 0.15) is 34.6 Å². The van der Waals surface area contributed by atoms with Gasteiger partial charge in [0, 0.05) is 11.5 Å². The van der Waals surface area contributed by atoms with E-state index in [-0.39, 0.29) is 17.0 Å². The number of alkyl carbamates (subject to hydrolysis) is 1. The van der Waals surface area contributed by atoms with E-state index < -0.39 is 42.1 Å². The van der Waals surface area contributed by atoms with Crippen LogP contribution in [0.25, 0.3) is 0 Å². The van der Waals surface area contributed by atoms with E-state index in [2.05, 4.69) is 10.1 Å². The highest BCUT2D eigenvalue weighted by Crippen LogP contribution is 2.29. The van der Waals surface area contributed by atoms with Gasteiger partial charge in [0.05, 0.1) is 24.3 Å². The molecule has 1 saturated heterocycles. The van der Waals surface area contributed by atoms with Crippen LogP contribution in [0, 0.1) is 5.92 Å². The molecule has 2 heterocycles. The molecule has 0 aliphatic carbocycles. The molecular formula is C19H22N2O6S. The van der Waals surface area contributed by atoms with Crippen LogP contribution in [0.15, 0.2) is 24.3 Å². The summed E-state index contributed by atoms with van der Waals surface area (Å²) >= 11 is 1.53. The number of esters is 1. The van der Waals surface area contributed by atoms with Crippen molar-refractivity contribution in [3.8, 4) is 0 Å². The molecule has 3 amide bonds. The van der Waals surface area contributed by atoms with E-state index in [0.717, 1.165) is 4.90 Å². The lowest BCUT2D eigenvalue weighted by Gasteiger charge is -2.29. The number of imide groups is 1. The minimum absolute atomic E-state index is 0.285. The molecule has 150 valence electrons. The van der Waals surface area contributed by atoms with Crippen LogP contribution >= 0.6 is 11.8 Å². The quantitative estimate of drug-likeness (QED) is 0.586. The highest BCUT2D eigenvalue weighted by molar-refractivity contribution is 7.99. The second-order valence-corrected chi connectivity index (χ2v) is 8.04. The van der Waals surface area contributed by atoms with Gasteiger partial charge in [0.1, 0.15) is 12.1 Å². The molecule has 0 spiro atoms. The third-order valence-corrected chi connectivity index (χ3v) is 5.92. The summed E-state index contributed by atoms with van der Waals surface area (Å²) in [4.78, 5) is 50.9. The van der Waals surface area contributed by atoms with Crippen LogP contribution in [0.4, 0.5) is 4.79 Å². The fourth-order valence-electron chi connectivity index (χ4n) is 3.35. The Morgan fingerprint density at radius 2 is 1.75 bits per heavy atom. The van der Waals surface area contributed by atoms with Crippen molar-refractivity contribution in [1.29, 1.82) is 0 Å². The van der Waals surface area contributed by atoms with Crippen LogP contribution in [0.2, 0.25) is 0 Å². The molecule has 2 aliphatic heterocycles. The monoisotopic (exact) mass is 406 g/mol. The number of nitrogens with one attached hydrogen (secondary N) is 1. The zero-order valence-corrected chi connectivity index (χ0v) is 16.7. The van der Waals surface area contributed by atoms with Crippen molar-refractivity contribution >= 4 is 35.6 Å². The van der Waals surface area contributed by atoms with Crippen molar-refractivity contribution in [2.75, 3.05) is 18.6 Å². The number of benzene rings is 1. The first-order valence-electron chi connectivity index (χ1n) is 8.94. The Labute approximate surface area is 166 Å². The van der Waals surface area contributed by atoms with E-state index in [9.17, 15) is 19.2 Å². The van der Waals surface area contributed by atoms with Crippen molar-refractivity contribution in [3.63, 3.8) is 0 Å². The molecule has 8 nitrogen and oxygen atoms in total. The molecule has 0 saturated carbocycles. The van der Waals surface area contributed by atoms with Crippen molar-refractivity contribution in [2.24, 2.45) is 5.92 Å². The molecule has 3 rings (SSSR count). The predicted octanol–water partition coefficient (Wildman–Crippen LogP) is 1.69. The zero-order valence-electron chi connectivity index (χ0n) is 15.8. The maximum Gasteiger partial charge on any atom is 0.407 e. The van der Waals surface area contributed by atoms with E-state index in [1.165, 1.54) is 18.9 Å². The largest absolute Gasteiger partial charge is 0.458 e. The molecule has 1 fully saturated rings. The Morgan fingerprint density at radius 1 is 1.14 bits per heavy atom. The number of carbonyl (C=O) groups is 4. The van der Waals surface area contributed by atoms with Crippen LogP contribution < -0.4 is 5.32 Å². The Morgan fingerprint density at radius 3 is 2.29 bits per heavy atom. The molecule has 3 atom stereocenters. The molecule has 1 N–H and O–H groups in total. The molecule has 0 radical (unpaired) electrons. The highest BCUT2D eigenvalue weighted by Gasteiger charge is 2.46. The van der Waals surface area contributed by atoms with Gasteiger partial charge in [-0.1, -0.05) is 26.0 Å².